The van der Waals surface area contributed by atoms with Crippen molar-refractivity contribution < 1.29 is 4.79 Å². The normalized spacial score (nSPS) is 12.5. The van der Waals surface area contributed by atoms with Gasteiger partial charge >= 0.3 is 0 Å². The van der Waals surface area contributed by atoms with E-state index in [9.17, 15) is 4.79 Å². The van der Waals surface area contributed by atoms with E-state index in [4.69, 9.17) is 4.98 Å². The molecule has 0 bridgehead atoms. The fourth-order valence-electron chi connectivity index (χ4n) is 4.78. The molecule has 0 saturated carbocycles. The summed E-state index contributed by atoms with van der Waals surface area (Å²) in [5, 5.41) is 0.734. The van der Waals surface area contributed by atoms with Crippen molar-refractivity contribution in [2.75, 3.05) is 10.7 Å². The van der Waals surface area contributed by atoms with Crippen molar-refractivity contribution in [3.05, 3.63) is 120 Å². The van der Waals surface area contributed by atoms with Crippen LogP contribution in [0, 0.1) is 0 Å². The van der Waals surface area contributed by atoms with Crippen molar-refractivity contribution in [1.82, 2.24) is 9.97 Å². The monoisotopic (exact) mass is 487 g/mol. The Hall–Kier alpha value is -4.09. The lowest BCUT2D eigenvalue weighted by atomic mass is 10.0. The molecule has 0 radical (unpaired) electrons. The number of hydrogen-bond donors (Lipinski definition) is 1. The fourth-order valence-corrected chi connectivity index (χ4v) is 5.50. The Balaban J connectivity index is 1.32. The molecule has 4 aromatic carbocycles. The molecule has 1 aliphatic rings. The van der Waals surface area contributed by atoms with Gasteiger partial charge in [-0.3, -0.25) is 9.69 Å². The third-order valence-electron chi connectivity index (χ3n) is 6.50. The zero-order chi connectivity index (χ0) is 24.3. The van der Waals surface area contributed by atoms with E-state index in [-0.39, 0.29) is 11.7 Å². The first-order valence-corrected chi connectivity index (χ1v) is 13.1. The maximum absolute atomic E-state index is 13.7. The van der Waals surface area contributed by atoms with Crippen LogP contribution in [-0.2, 0) is 17.6 Å². The molecule has 1 amide bonds. The quantitative estimate of drug-likeness (QED) is 0.265. The number of para-hydroxylation sites is 2. The number of aryl methyl sites for hydroxylation is 2. The number of anilines is 2. The predicted octanol–water partition coefficient (Wildman–Crippen LogP) is 7.30. The molecule has 36 heavy (non-hydrogen) atoms. The molecule has 0 spiro atoms. The highest BCUT2D eigenvalue weighted by Crippen LogP contribution is 2.37. The molecule has 1 aliphatic heterocycles. The van der Waals surface area contributed by atoms with Gasteiger partial charge in [0.2, 0.25) is 5.91 Å². The number of carbonyl (C=O) groups is 1. The van der Waals surface area contributed by atoms with Crippen LogP contribution in [0.5, 0.6) is 0 Å². The summed E-state index contributed by atoms with van der Waals surface area (Å²) in [5.41, 5.74) is 8.30. The van der Waals surface area contributed by atoms with Crippen LogP contribution in [0.1, 0.15) is 11.1 Å². The molecule has 5 heteroatoms. The lowest BCUT2D eigenvalue weighted by Gasteiger charge is -2.24. The van der Waals surface area contributed by atoms with Crippen molar-refractivity contribution >= 4 is 29.0 Å². The van der Waals surface area contributed by atoms with Gasteiger partial charge in [0.1, 0.15) is 0 Å². The number of rotatable bonds is 5. The molecule has 1 N–H and O–H groups in total. The summed E-state index contributed by atoms with van der Waals surface area (Å²) in [6.45, 7) is 0. The summed E-state index contributed by atoms with van der Waals surface area (Å²) < 4.78 is 0. The van der Waals surface area contributed by atoms with Crippen LogP contribution >= 0.6 is 11.8 Å². The Morgan fingerprint density at radius 1 is 0.722 bits per heavy atom. The van der Waals surface area contributed by atoms with Crippen LogP contribution in [0.25, 0.3) is 22.5 Å². The molecule has 0 unspecified atom stereocenters. The zero-order valence-corrected chi connectivity index (χ0v) is 20.5. The summed E-state index contributed by atoms with van der Waals surface area (Å²) in [4.78, 5) is 24.0. The van der Waals surface area contributed by atoms with Gasteiger partial charge in [0.15, 0.2) is 5.16 Å². The highest BCUT2D eigenvalue weighted by molar-refractivity contribution is 7.99. The van der Waals surface area contributed by atoms with E-state index in [2.05, 4.69) is 41.4 Å². The van der Waals surface area contributed by atoms with E-state index in [1.165, 1.54) is 22.9 Å². The van der Waals surface area contributed by atoms with E-state index >= 15 is 0 Å². The van der Waals surface area contributed by atoms with Crippen molar-refractivity contribution in [2.24, 2.45) is 0 Å². The number of amides is 1. The van der Waals surface area contributed by atoms with Crippen LogP contribution in [-0.4, -0.2) is 21.6 Å². The average Bonchev–Trinajstić information content (AvgIpc) is 3.30. The maximum Gasteiger partial charge on any atom is 0.242 e. The standard InChI is InChI=1S/C31H25N3OS/c35-28(34-26-17-9-7-11-22(26)19-20-23-12-8-10-18-27(23)34)21-36-31-32-29(24-13-3-1-4-14-24)30(33-31)25-15-5-2-6-16-25/h1-18H,19-21H2,(H,32,33). The number of imidazole rings is 1. The Bertz CT molecular complexity index is 1410. The molecule has 1 aromatic heterocycles. The summed E-state index contributed by atoms with van der Waals surface area (Å²) in [5.74, 6) is 0.319. The maximum atomic E-state index is 13.7. The minimum Gasteiger partial charge on any atom is -0.332 e. The molecule has 0 atom stereocenters. The van der Waals surface area contributed by atoms with E-state index in [0.717, 1.165) is 51.9 Å². The number of nitrogens with one attached hydrogen (secondary N) is 1. The number of thioether (sulfide) groups is 1. The largest absolute Gasteiger partial charge is 0.332 e. The number of hydrogen-bond acceptors (Lipinski definition) is 3. The number of H-pyrrole nitrogens is 1. The van der Waals surface area contributed by atoms with Crippen molar-refractivity contribution in [2.45, 2.75) is 18.0 Å². The minimum atomic E-state index is 0.0423. The van der Waals surface area contributed by atoms with E-state index < -0.39 is 0 Å². The molecule has 2 heterocycles. The SMILES string of the molecule is O=C(CSc1nc(-c2ccccc2)c(-c2ccccc2)[nH]1)N1c2ccccc2CCc2ccccc21. The Morgan fingerprint density at radius 3 is 1.86 bits per heavy atom. The van der Waals surface area contributed by atoms with Gasteiger partial charge in [-0.1, -0.05) is 109 Å². The molecule has 0 fully saturated rings. The van der Waals surface area contributed by atoms with Crippen LogP contribution in [0.2, 0.25) is 0 Å². The smallest absolute Gasteiger partial charge is 0.242 e. The van der Waals surface area contributed by atoms with Crippen LogP contribution in [0.15, 0.2) is 114 Å². The van der Waals surface area contributed by atoms with Gasteiger partial charge in [-0.15, -0.1) is 0 Å². The number of fused-ring (bicyclic) bond motifs is 2. The first-order chi connectivity index (χ1) is 17.8. The number of aromatic amines is 1. The van der Waals surface area contributed by atoms with Crippen molar-refractivity contribution in [3.63, 3.8) is 0 Å². The first kappa shape index (κ1) is 22.4. The van der Waals surface area contributed by atoms with Gasteiger partial charge in [-0.25, -0.2) is 4.98 Å². The highest BCUT2D eigenvalue weighted by atomic mass is 32.2. The predicted molar refractivity (Wildman–Crippen MR) is 148 cm³/mol. The minimum absolute atomic E-state index is 0.0423. The van der Waals surface area contributed by atoms with E-state index in [0.29, 0.717) is 0 Å². The van der Waals surface area contributed by atoms with Gasteiger partial charge in [0, 0.05) is 11.1 Å². The van der Waals surface area contributed by atoms with Gasteiger partial charge in [0.25, 0.3) is 0 Å². The summed E-state index contributed by atoms with van der Waals surface area (Å²) in [7, 11) is 0. The molecule has 0 aliphatic carbocycles. The van der Waals surface area contributed by atoms with Gasteiger partial charge in [-0.2, -0.15) is 0 Å². The van der Waals surface area contributed by atoms with Gasteiger partial charge in [0.05, 0.1) is 28.5 Å². The van der Waals surface area contributed by atoms with Crippen molar-refractivity contribution in [3.8, 4) is 22.5 Å². The van der Waals surface area contributed by atoms with Gasteiger partial charge in [-0.05, 0) is 36.1 Å². The first-order valence-electron chi connectivity index (χ1n) is 12.1. The summed E-state index contributed by atoms with van der Waals surface area (Å²) in [6.07, 6.45) is 1.84. The Kier molecular flexibility index (Phi) is 6.14. The topological polar surface area (TPSA) is 49.0 Å². The van der Waals surface area contributed by atoms with Crippen LogP contribution < -0.4 is 4.90 Å². The molecule has 4 nitrogen and oxygen atoms in total. The van der Waals surface area contributed by atoms with Crippen LogP contribution in [0.4, 0.5) is 11.4 Å². The molecule has 0 saturated heterocycles. The Morgan fingerprint density at radius 2 is 1.25 bits per heavy atom. The second-order valence-electron chi connectivity index (χ2n) is 8.77. The summed E-state index contributed by atoms with van der Waals surface area (Å²) in [6, 6.07) is 36.8. The Labute approximate surface area is 215 Å². The second-order valence-corrected chi connectivity index (χ2v) is 9.74. The lowest BCUT2D eigenvalue weighted by molar-refractivity contribution is -0.115. The fraction of sp³-hybridized carbons (Fsp3) is 0.0968. The summed E-state index contributed by atoms with van der Waals surface area (Å²) >= 11 is 1.44. The lowest BCUT2D eigenvalue weighted by Crippen LogP contribution is -2.28. The molecule has 6 rings (SSSR count). The average molecular weight is 488 g/mol. The third kappa shape index (κ3) is 4.34. The third-order valence-corrected chi connectivity index (χ3v) is 7.36. The zero-order valence-electron chi connectivity index (χ0n) is 19.7. The van der Waals surface area contributed by atoms with E-state index in [1.807, 2.05) is 77.7 Å². The number of nitrogens with zero attached hydrogens (tertiary/aromatic N) is 2. The van der Waals surface area contributed by atoms with Crippen LogP contribution in [0.3, 0.4) is 0 Å². The number of benzene rings is 4. The molecule has 5 aromatic rings. The molecular formula is C31H25N3OS. The van der Waals surface area contributed by atoms with Gasteiger partial charge < -0.3 is 4.98 Å². The molecular weight excluding hydrogens is 462 g/mol. The van der Waals surface area contributed by atoms with E-state index in [1.54, 1.807) is 0 Å². The van der Waals surface area contributed by atoms with Crippen molar-refractivity contribution in [1.29, 1.82) is 0 Å². The second kappa shape index (κ2) is 9.88. The highest BCUT2D eigenvalue weighted by Gasteiger charge is 2.26. The number of carbonyl (C=O) groups excluding carboxylic acids is 1. The number of aromatic nitrogens is 2. The molecule has 176 valence electrons.